The Morgan fingerprint density at radius 1 is 1.38 bits per heavy atom. The van der Waals surface area contributed by atoms with E-state index in [1.807, 2.05) is 0 Å². The van der Waals surface area contributed by atoms with Crippen LogP contribution in [-0.2, 0) is 6.42 Å². The van der Waals surface area contributed by atoms with Gasteiger partial charge in [-0.25, -0.2) is 14.6 Å². The number of hydrogen-bond acceptors (Lipinski definition) is 3. The van der Waals surface area contributed by atoms with Crippen molar-refractivity contribution in [1.82, 2.24) is 15.3 Å². The van der Waals surface area contributed by atoms with Gasteiger partial charge in [0.1, 0.15) is 5.82 Å². The van der Waals surface area contributed by atoms with Crippen molar-refractivity contribution in [3.63, 3.8) is 0 Å². The van der Waals surface area contributed by atoms with Crippen LogP contribution in [0.25, 0.3) is 0 Å². The molecule has 1 aromatic carbocycles. The highest BCUT2D eigenvalue weighted by Crippen LogP contribution is 2.22. The molecule has 1 aromatic heterocycles. The lowest BCUT2D eigenvalue weighted by atomic mass is 10.2. The summed E-state index contributed by atoms with van der Waals surface area (Å²) in [5.41, 5.74) is 0.404. The number of nitrogens with zero attached hydrogens (tertiary/aromatic N) is 1. The number of carboxylic acid groups (broad SMARTS) is 1. The number of aromatic nitrogens is 2. The molecule has 0 atom stereocenters. The molecule has 7 nitrogen and oxygen atoms in total. The lowest BCUT2D eigenvalue weighted by Crippen LogP contribution is -2.30. The third-order valence-corrected chi connectivity index (χ3v) is 2.98. The Labute approximate surface area is 125 Å². The number of benzene rings is 1. The van der Waals surface area contributed by atoms with E-state index in [0.717, 1.165) is 5.82 Å². The number of carbonyl (C=O) groups is 2. The summed E-state index contributed by atoms with van der Waals surface area (Å²) in [6.45, 7) is 0.407. The minimum Gasteiger partial charge on any atom is -0.478 e. The Morgan fingerprint density at radius 2 is 2.19 bits per heavy atom. The topological polar surface area (TPSA) is 107 Å². The number of imidazole rings is 1. The Kier molecular flexibility index (Phi) is 4.78. The van der Waals surface area contributed by atoms with Crippen molar-refractivity contribution < 1.29 is 14.7 Å². The number of urea groups is 1. The number of carbonyl (C=O) groups excluding carboxylic acids is 1. The third kappa shape index (κ3) is 4.22. The van der Waals surface area contributed by atoms with Crippen molar-refractivity contribution >= 4 is 29.3 Å². The van der Waals surface area contributed by atoms with Crippen LogP contribution in [0.1, 0.15) is 16.2 Å². The van der Waals surface area contributed by atoms with Crippen LogP contribution in [0.4, 0.5) is 10.5 Å². The zero-order chi connectivity index (χ0) is 15.2. The summed E-state index contributed by atoms with van der Waals surface area (Å²) in [5, 5.41) is 14.2. The van der Waals surface area contributed by atoms with Crippen molar-refractivity contribution in [2.24, 2.45) is 0 Å². The predicted molar refractivity (Wildman–Crippen MR) is 77.7 cm³/mol. The van der Waals surface area contributed by atoms with Crippen LogP contribution in [-0.4, -0.2) is 33.6 Å². The lowest BCUT2D eigenvalue weighted by Gasteiger charge is -2.09. The van der Waals surface area contributed by atoms with Gasteiger partial charge in [-0.2, -0.15) is 0 Å². The molecule has 21 heavy (non-hydrogen) atoms. The van der Waals surface area contributed by atoms with Crippen LogP contribution in [0.2, 0.25) is 5.02 Å². The Hall–Kier alpha value is -2.54. The van der Waals surface area contributed by atoms with Gasteiger partial charge >= 0.3 is 12.0 Å². The van der Waals surface area contributed by atoms with Gasteiger partial charge in [-0.1, -0.05) is 11.6 Å². The molecule has 0 aliphatic carbocycles. The first-order valence-corrected chi connectivity index (χ1v) is 6.50. The number of amides is 2. The first kappa shape index (κ1) is 14.9. The lowest BCUT2D eigenvalue weighted by molar-refractivity contribution is 0.0697. The fraction of sp³-hybridized carbons (Fsp3) is 0.154. The summed E-state index contributed by atoms with van der Waals surface area (Å²) >= 11 is 5.91. The number of hydrogen-bond donors (Lipinski definition) is 4. The van der Waals surface area contributed by atoms with Crippen molar-refractivity contribution in [3.05, 3.63) is 47.0 Å². The maximum atomic E-state index is 11.7. The van der Waals surface area contributed by atoms with Gasteiger partial charge in [-0.15, -0.1) is 0 Å². The van der Waals surface area contributed by atoms with Gasteiger partial charge in [0.2, 0.25) is 0 Å². The van der Waals surface area contributed by atoms with Gasteiger partial charge in [0.25, 0.3) is 0 Å². The fourth-order valence-corrected chi connectivity index (χ4v) is 1.87. The number of anilines is 1. The molecule has 0 saturated carbocycles. The smallest absolute Gasteiger partial charge is 0.335 e. The van der Waals surface area contributed by atoms with E-state index < -0.39 is 12.0 Å². The highest BCUT2D eigenvalue weighted by atomic mass is 35.5. The fourth-order valence-electron chi connectivity index (χ4n) is 1.65. The molecule has 0 aliphatic rings. The van der Waals surface area contributed by atoms with Crippen molar-refractivity contribution in [2.75, 3.05) is 11.9 Å². The Balaban J connectivity index is 1.86. The van der Waals surface area contributed by atoms with Gasteiger partial charge in [-0.3, -0.25) is 0 Å². The van der Waals surface area contributed by atoms with Crippen LogP contribution >= 0.6 is 11.6 Å². The van der Waals surface area contributed by atoms with Crippen LogP contribution in [0.15, 0.2) is 30.6 Å². The van der Waals surface area contributed by atoms with E-state index in [2.05, 4.69) is 20.6 Å². The van der Waals surface area contributed by atoms with Crippen molar-refractivity contribution in [3.8, 4) is 0 Å². The molecule has 4 N–H and O–H groups in total. The number of aromatic carboxylic acids is 1. The van der Waals surface area contributed by atoms with Crippen LogP contribution in [0.3, 0.4) is 0 Å². The second-order valence-corrected chi connectivity index (χ2v) is 4.57. The number of carboxylic acids is 1. The number of halogens is 1. The SMILES string of the molecule is O=C(NCCc1ncc[nH]1)Nc1ccc(C(=O)O)cc1Cl. The molecule has 0 unspecified atom stereocenters. The Bertz CT molecular complexity index is 643. The first-order chi connectivity index (χ1) is 10.1. The van der Waals surface area contributed by atoms with Crippen LogP contribution in [0, 0.1) is 0 Å². The minimum atomic E-state index is -1.08. The Morgan fingerprint density at radius 3 is 2.81 bits per heavy atom. The molecule has 0 spiro atoms. The number of aromatic amines is 1. The van der Waals surface area contributed by atoms with Crippen LogP contribution in [0.5, 0.6) is 0 Å². The van der Waals surface area contributed by atoms with Crippen LogP contribution < -0.4 is 10.6 Å². The van der Waals surface area contributed by atoms with Crippen molar-refractivity contribution in [2.45, 2.75) is 6.42 Å². The average Bonchev–Trinajstić information content (AvgIpc) is 2.94. The normalized spacial score (nSPS) is 10.1. The highest BCUT2D eigenvalue weighted by molar-refractivity contribution is 6.34. The van der Waals surface area contributed by atoms with E-state index >= 15 is 0 Å². The summed E-state index contributed by atoms with van der Waals surface area (Å²) in [4.78, 5) is 29.4. The molecular formula is C13H13ClN4O3. The maximum Gasteiger partial charge on any atom is 0.335 e. The molecule has 0 fully saturated rings. The summed E-state index contributed by atoms with van der Waals surface area (Å²) < 4.78 is 0. The zero-order valence-corrected chi connectivity index (χ0v) is 11.6. The van der Waals surface area contributed by atoms with Gasteiger partial charge < -0.3 is 20.7 Å². The van der Waals surface area contributed by atoms with E-state index in [4.69, 9.17) is 16.7 Å². The first-order valence-electron chi connectivity index (χ1n) is 6.12. The zero-order valence-electron chi connectivity index (χ0n) is 10.9. The third-order valence-electron chi connectivity index (χ3n) is 2.67. The number of rotatable bonds is 5. The monoisotopic (exact) mass is 308 g/mol. The van der Waals surface area contributed by atoms with E-state index in [9.17, 15) is 9.59 Å². The molecule has 2 rings (SSSR count). The van der Waals surface area contributed by atoms with E-state index in [-0.39, 0.29) is 10.6 Å². The predicted octanol–water partition coefficient (Wildman–Crippen LogP) is 2.13. The molecule has 110 valence electrons. The number of nitrogens with one attached hydrogen (secondary N) is 3. The largest absolute Gasteiger partial charge is 0.478 e. The average molecular weight is 309 g/mol. The standard InChI is InChI=1S/C13H13ClN4O3/c14-9-7-8(12(19)20)1-2-10(9)18-13(21)17-4-3-11-15-5-6-16-11/h1-2,5-7H,3-4H2,(H,15,16)(H,19,20)(H2,17,18,21). The second kappa shape index (κ2) is 6.76. The molecule has 2 aromatic rings. The van der Waals surface area contributed by atoms with Gasteiger partial charge in [-0.05, 0) is 18.2 Å². The van der Waals surface area contributed by atoms with E-state index in [1.165, 1.54) is 18.2 Å². The molecule has 0 bridgehead atoms. The summed E-state index contributed by atoms with van der Waals surface area (Å²) in [7, 11) is 0. The highest BCUT2D eigenvalue weighted by Gasteiger charge is 2.09. The quantitative estimate of drug-likeness (QED) is 0.678. The van der Waals surface area contributed by atoms with Gasteiger partial charge in [0, 0.05) is 25.4 Å². The maximum absolute atomic E-state index is 11.7. The molecule has 0 saturated heterocycles. The van der Waals surface area contributed by atoms with Gasteiger partial charge in [0.05, 0.1) is 16.3 Å². The molecule has 1 heterocycles. The molecule has 0 aliphatic heterocycles. The summed E-state index contributed by atoms with van der Waals surface area (Å²) in [5.74, 6) is -0.300. The van der Waals surface area contributed by atoms with Crippen molar-refractivity contribution in [1.29, 1.82) is 0 Å². The molecule has 8 heteroatoms. The molecule has 2 amide bonds. The van der Waals surface area contributed by atoms with E-state index in [0.29, 0.717) is 18.7 Å². The minimum absolute atomic E-state index is 0.0591. The van der Waals surface area contributed by atoms with Gasteiger partial charge in [0.15, 0.2) is 0 Å². The second-order valence-electron chi connectivity index (χ2n) is 4.17. The molecular weight excluding hydrogens is 296 g/mol. The summed E-state index contributed by atoms with van der Waals surface area (Å²) in [6, 6.07) is 3.67. The number of H-pyrrole nitrogens is 1. The molecule has 0 radical (unpaired) electrons. The van der Waals surface area contributed by atoms with E-state index in [1.54, 1.807) is 12.4 Å². The summed E-state index contributed by atoms with van der Waals surface area (Å²) in [6.07, 6.45) is 3.92.